The summed E-state index contributed by atoms with van der Waals surface area (Å²) < 4.78 is 5.47. The van der Waals surface area contributed by atoms with Crippen LogP contribution in [0.2, 0.25) is 0 Å². The van der Waals surface area contributed by atoms with Crippen LogP contribution in [0.1, 0.15) is 23.2 Å². The lowest BCUT2D eigenvalue weighted by Crippen LogP contribution is -2.23. The van der Waals surface area contributed by atoms with E-state index in [4.69, 9.17) is 4.74 Å². The van der Waals surface area contributed by atoms with Gasteiger partial charge in [-0.1, -0.05) is 0 Å². The van der Waals surface area contributed by atoms with Crippen molar-refractivity contribution in [1.29, 1.82) is 0 Å². The van der Waals surface area contributed by atoms with Crippen molar-refractivity contribution >= 4 is 11.6 Å². The maximum Gasteiger partial charge on any atom is 0.251 e. The van der Waals surface area contributed by atoms with Crippen molar-refractivity contribution in [2.24, 2.45) is 0 Å². The van der Waals surface area contributed by atoms with Crippen LogP contribution in [0.25, 0.3) is 0 Å². The van der Waals surface area contributed by atoms with Crippen LogP contribution < -0.4 is 10.6 Å². The molecule has 0 spiro atoms. The summed E-state index contributed by atoms with van der Waals surface area (Å²) in [4.78, 5) is 11.4. The van der Waals surface area contributed by atoms with Crippen LogP contribution in [0.3, 0.4) is 0 Å². The average molecular weight is 246 g/mol. The van der Waals surface area contributed by atoms with Crippen molar-refractivity contribution in [3.63, 3.8) is 0 Å². The zero-order chi connectivity index (χ0) is 12.8. The van der Waals surface area contributed by atoms with Gasteiger partial charge in [0.15, 0.2) is 0 Å². The largest absolute Gasteiger partial charge is 0.497 e. The molecule has 0 aromatic heterocycles. The summed E-state index contributed by atoms with van der Waals surface area (Å²) in [5.41, 5.74) is 1.67. The van der Waals surface area contributed by atoms with Gasteiger partial charge in [-0.05, 0) is 43.2 Å². The van der Waals surface area contributed by atoms with E-state index in [0.717, 1.165) is 25.1 Å². The van der Waals surface area contributed by atoms with Crippen LogP contribution in [0.15, 0.2) is 36.6 Å². The predicted octanol–water partition coefficient (Wildman–Crippen LogP) is 2.15. The fourth-order valence-electron chi connectivity index (χ4n) is 1.85. The Bertz CT molecular complexity index is 426. The van der Waals surface area contributed by atoms with Crippen molar-refractivity contribution in [1.82, 2.24) is 5.32 Å². The Morgan fingerprint density at radius 2 is 2.17 bits per heavy atom. The minimum absolute atomic E-state index is 0.0673. The molecule has 0 saturated carbocycles. The van der Waals surface area contributed by atoms with Crippen LogP contribution in [0.5, 0.6) is 0 Å². The van der Waals surface area contributed by atoms with Crippen molar-refractivity contribution in [3.05, 3.63) is 42.2 Å². The second-order valence-corrected chi connectivity index (χ2v) is 4.24. The van der Waals surface area contributed by atoms with Crippen molar-refractivity contribution in [3.8, 4) is 0 Å². The van der Waals surface area contributed by atoms with Gasteiger partial charge in [0.05, 0.1) is 12.8 Å². The van der Waals surface area contributed by atoms with Gasteiger partial charge in [-0.3, -0.25) is 4.79 Å². The lowest BCUT2D eigenvalue weighted by molar-refractivity contribution is 0.0963. The van der Waals surface area contributed by atoms with E-state index >= 15 is 0 Å². The predicted molar refractivity (Wildman–Crippen MR) is 71.6 cm³/mol. The first kappa shape index (κ1) is 12.5. The van der Waals surface area contributed by atoms with E-state index in [1.54, 1.807) is 13.3 Å². The normalized spacial score (nSPS) is 17.9. The Balaban J connectivity index is 1.86. The lowest BCUT2D eigenvalue weighted by atomic mass is 10.1. The molecule has 2 rings (SSSR count). The topological polar surface area (TPSA) is 50.4 Å². The molecule has 1 aromatic rings. The maximum absolute atomic E-state index is 11.4. The van der Waals surface area contributed by atoms with E-state index < -0.39 is 0 Å². The van der Waals surface area contributed by atoms with E-state index in [1.807, 2.05) is 30.3 Å². The molecule has 1 aromatic carbocycles. The zero-order valence-corrected chi connectivity index (χ0v) is 10.5. The fourth-order valence-corrected chi connectivity index (χ4v) is 1.85. The minimum Gasteiger partial charge on any atom is -0.497 e. The number of ether oxygens (including phenoxy) is 1. The molecule has 96 valence electrons. The molecular weight excluding hydrogens is 228 g/mol. The summed E-state index contributed by atoms with van der Waals surface area (Å²) in [5.74, 6) is -0.0673. The number of benzene rings is 1. The first-order chi connectivity index (χ1) is 8.79. The number of carbonyl (C=O) groups is 1. The van der Waals surface area contributed by atoms with Crippen molar-refractivity contribution < 1.29 is 9.53 Å². The van der Waals surface area contributed by atoms with Gasteiger partial charge in [0.1, 0.15) is 6.10 Å². The molecule has 0 aliphatic carbocycles. The van der Waals surface area contributed by atoms with Crippen LogP contribution in [0, 0.1) is 0 Å². The number of anilines is 1. The molecule has 1 unspecified atom stereocenters. The summed E-state index contributed by atoms with van der Waals surface area (Å²) in [6.45, 7) is 0.781. The Hall–Kier alpha value is -1.97. The van der Waals surface area contributed by atoms with Gasteiger partial charge < -0.3 is 15.4 Å². The van der Waals surface area contributed by atoms with E-state index in [0.29, 0.717) is 5.56 Å². The van der Waals surface area contributed by atoms with E-state index in [-0.39, 0.29) is 12.0 Å². The Morgan fingerprint density at radius 3 is 2.78 bits per heavy atom. The second kappa shape index (κ2) is 6.10. The lowest BCUT2D eigenvalue weighted by Gasteiger charge is -2.20. The number of rotatable bonds is 4. The van der Waals surface area contributed by atoms with Gasteiger partial charge in [0.25, 0.3) is 5.91 Å². The number of amides is 1. The number of hydrogen-bond acceptors (Lipinski definition) is 3. The highest BCUT2D eigenvalue weighted by molar-refractivity contribution is 5.94. The van der Waals surface area contributed by atoms with Crippen LogP contribution in [0.4, 0.5) is 5.69 Å². The number of allylic oxidation sites excluding steroid dienone is 1. The third-order valence-corrected chi connectivity index (χ3v) is 2.93. The van der Waals surface area contributed by atoms with Gasteiger partial charge in [-0.15, -0.1) is 0 Å². The Labute approximate surface area is 107 Å². The molecule has 18 heavy (non-hydrogen) atoms. The maximum atomic E-state index is 11.4. The molecule has 0 saturated heterocycles. The highest BCUT2D eigenvalue weighted by Crippen LogP contribution is 2.13. The average Bonchev–Trinajstić information content (AvgIpc) is 2.46. The van der Waals surface area contributed by atoms with Gasteiger partial charge in [0.2, 0.25) is 0 Å². The molecule has 1 heterocycles. The monoisotopic (exact) mass is 246 g/mol. The van der Waals surface area contributed by atoms with E-state index in [1.165, 1.54) is 0 Å². The zero-order valence-electron chi connectivity index (χ0n) is 10.5. The molecule has 0 fully saturated rings. The van der Waals surface area contributed by atoms with Crippen LogP contribution in [-0.2, 0) is 4.74 Å². The standard InChI is InChI=1S/C14H18N2O2/c1-15-14(17)11-5-7-12(8-6-11)16-10-13-4-2-3-9-18-13/h3,5-9,13,16H,2,4,10H2,1H3,(H,15,17). The van der Waals surface area contributed by atoms with Gasteiger partial charge in [-0.25, -0.2) is 0 Å². The summed E-state index contributed by atoms with van der Waals surface area (Å²) in [7, 11) is 1.63. The van der Waals surface area contributed by atoms with Crippen LogP contribution >= 0.6 is 0 Å². The molecule has 0 bridgehead atoms. The smallest absolute Gasteiger partial charge is 0.251 e. The quantitative estimate of drug-likeness (QED) is 0.856. The molecular formula is C14H18N2O2. The summed E-state index contributed by atoms with van der Waals surface area (Å²) >= 11 is 0. The second-order valence-electron chi connectivity index (χ2n) is 4.24. The number of nitrogens with one attached hydrogen (secondary N) is 2. The van der Waals surface area contributed by atoms with Crippen molar-refractivity contribution in [2.75, 3.05) is 18.9 Å². The van der Waals surface area contributed by atoms with Crippen molar-refractivity contribution in [2.45, 2.75) is 18.9 Å². The molecule has 1 amide bonds. The van der Waals surface area contributed by atoms with Gasteiger partial charge in [-0.2, -0.15) is 0 Å². The third-order valence-electron chi connectivity index (χ3n) is 2.93. The SMILES string of the molecule is CNC(=O)c1ccc(NCC2CCC=CO2)cc1. The van der Waals surface area contributed by atoms with E-state index in [2.05, 4.69) is 10.6 Å². The highest BCUT2D eigenvalue weighted by Gasteiger charge is 2.10. The van der Waals surface area contributed by atoms with Gasteiger partial charge >= 0.3 is 0 Å². The minimum atomic E-state index is -0.0673. The summed E-state index contributed by atoms with van der Waals surface area (Å²) in [6, 6.07) is 7.43. The first-order valence-corrected chi connectivity index (χ1v) is 6.16. The molecule has 2 N–H and O–H groups in total. The summed E-state index contributed by atoms with van der Waals surface area (Å²) in [5, 5.41) is 5.91. The van der Waals surface area contributed by atoms with Crippen LogP contribution in [-0.4, -0.2) is 25.6 Å². The Morgan fingerprint density at radius 1 is 1.39 bits per heavy atom. The number of hydrogen-bond donors (Lipinski definition) is 2. The number of carbonyl (C=O) groups excluding carboxylic acids is 1. The third kappa shape index (κ3) is 3.26. The molecule has 4 heteroatoms. The molecule has 1 aliphatic heterocycles. The molecule has 4 nitrogen and oxygen atoms in total. The fraction of sp³-hybridized carbons (Fsp3) is 0.357. The Kier molecular flexibility index (Phi) is 4.23. The summed E-state index contributed by atoms with van der Waals surface area (Å²) in [6.07, 6.45) is 6.15. The first-order valence-electron chi connectivity index (χ1n) is 6.16. The highest BCUT2D eigenvalue weighted by atomic mass is 16.5. The molecule has 1 aliphatic rings. The van der Waals surface area contributed by atoms with Gasteiger partial charge in [0, 0.05) is 18.3 Å². The molecule has 0 radical (unpaired) electrons. The molecule has 1 atom stereocenters. The van der Waals surface area contributed by atoms with E-state index in [9.17, 15) is 4.79 Å².